The molecule has 2 aromatic rings. The van der Waals surface area contributed by atoms with E-state index in [9.17, 15) is 19.7 Å². The van der Waals surface area contributed by atoms with E-state index in [1.54, 1.807) is 20.0 Å². The van der Waals surface area contributed by atoms with Crippen molar-refractivity contribution < 1.29 is 18.9 Å². The zero-order valence-corrected chi connectivity index (χ0v) is 15.3. The van der Waals surface area contributed by atoms with Crippen LogP contribution in [0.15, 0.2) is 22.6 Å². The van der Waals surface area contributed by atoms with Crippen molar-refractivity contribution in [3.8, 4) is 0 Å². The van der Waals surface area contributed by atoms with Crippen molar-refractivity contribution in [3.05, 3.63) is 50.5 Å². The molecule has 3 rings (SSSR count). The van der Waals surface area contributed by atoms with Crippen molar-refractivity contribution in [2.24, 2.45) is 7.05 Å². The summed E-state index contributed by atoms with van der Waals surface area (Å²) in [5.41, 5.74) is 1.29. The predicted octanol–water partition coefficient (Wildman–Crippen LogP) is 2.19. The van der Waals surface area contributed by atoms with Crippen molar-refractivity contribution in [2.45, 2.75) is 13.3 Å². The number of aromatic nitrogens is 2. The summed E-state index contributed by atoms with van der Waals surface area (Å²) in [5.74, 6) is -1.76. The van der Waals surface area contributed by atoms with Crippen LogP contribution in [0.3, 0.4) is 0 Å². The number of rotatable bonds is 4. The standard InChI is InChI=1S/C16H16ClN5O5/c1-10-11(15(17)19(2)18-10)4-6-13(23)20-8-3-9-21(20)16(24)12-5-7-14(27-12)22(25)26/h4-7H,3,8-9H2,1-2H3. The van der Waals surface area contributed by atoms with Gasteiger partial charge in [-0.05, 0) is 25.5 Å². The van der Waals surface area contributed by atoms with Crippen LogP contribution in [0.25, 0.3) is 6.08 Å². The van der Waals surface area contributed by atoms with Crippen LogP contribution >= 0.6 is 11.6 Å². The molecule has 0 N–H and O–H groups in total. The maximum absolute atomic E-state index is 12.5. The minimum Gasteiger partial charge on any atom is -0.395 e. The maximum Gasteiger partial charge on any atom is 0.433 e. The first-order valence-corrected chi connectivity index (χ1v) is 8.42. The number of hydrogen-bond donors (Lipinski definition) is 0. The Morgan fingerprint density at radius 2 is 2.04 bits per heavy atom. The molecule has 0 spiro atoms. The molecule has 1 aliphatic heterocycles. The third kappa shape index (κ3) is 3.56. The molecule has 27 heavy (non-hydrogen) atoms. The summed E-state index contributed by atoms with van der Waals surface area (Å²) in [4.78, 5) is 35.1. The molecule has 3 heterocycles. The fourth-order valence-electron chi connectivity index (χ4n) is 2.80. The second kappa shape index (κ2) is 7.23. The largest absolute Gasteiger partial charge is 0.433 e. The number of halogens is 1. The number of hydrogen-bond acceptors (Lipinski definition) is 6. The number of amides is 2. The van der Waals surface area contributed by atoms with Gasteiger partial charge in [0.25, 0.3) is 5.91 Å². The van der Waals surface area contributed by atoms with E-state index in [1.807, 2.05) is 0 Å². The fraction of sp³-hybridized carbons (Fsp3) is 0.312. The SMILES string of the molecule is Cc1nn(C)c(Cl)c1C=CC(=O)N1CCCN1C(=O)c1ccc([N+](=O)[O-])o1. The lowest BCUT2D eigenvalue weighted by atomic mass is 10.2. The van der Waals surface area contributed by atoms with Crippen LogP contribution in [0.1, 0.15) is 28.2 Å². The van der Waals surface area contributed by atoms with Crippen LogP contribution in [0.5, 0.6) is 0 Å². The van der Waals surface area contributed by atoms with Crippen molar-refractivity contribution in [1.82, 2.24) is 19.8 Å². The van der Waals surface area contributed by atoms with Crippen LogP contribution < -0.4 is 0 Å². The van der Waals surface area contributed by atoms with Crippen LogP contribution in [0.2, 0.25) is 5.15 Å². The quantitative estimate of drug-likeness (QED) is 0.446. The fourth-order valence-corrected chi connectivity index (χ4v) is 3.03. The highest BCUT2D eigenvalue weighted by molar-refractivity contribution is 6.31. The van der Waals surface area contributed by atoms with E-state index in [0.29, 0.717) is 35.9 Å². The second-order valence-corrected chi connectivity index (χ2v) is 6.24. The lowest BCUT2D eigenvalue weighted by Crippen LogP contribution is -2.44. The molecule has 1 fully saturated rings. The van der Waals surface area contributed by atoms with Gasteiger partial charge < -0.3 is 4.42 Å². The van der Waals surface area contributed by atoms with Gasteiger partial charge in [-0.25, -0.2) is 10.0 Å². The van der Waals surface area contributed by atoms with Crippen molar-refractivity contribution in [2.75, 3.05) is 13.1 Å². The molecule has 11 heteroatoms. The van der Waals surface area contributed by atoms with Gasteiger partial charge in [-0.2, -0.15) is 5.10 Å². The molecule has 10 nitrogen and oxygen atoms in total. The number of furan rings is 1. The zero-order valence-electron chi connectivity index (χ0n) is 14.6. The van der Waals surface area contributed by atoms with Crippen molar-refractivity contribution in [1.29, 1.82) is 0 Å². The minimum atomic E-state index is -0.730. The summed E-state index contributed by atoms with van der Waals surface area (Å²) in [6.07, 6.45) is 3.44. The Kier molecular flexibility index (Phi) is 5.00. The molecule has 2 amide bonds. The molecule has 142 valence electrons. The van der Waals surface area contributed by atoms with Gasteiger partial charge >= 0.3 is 11.8 Å². The first-order chi connectivity index (χ1) is 12.8. The molecule has 0 aromatic carbocycles. The van der Waals surface area contributed by atoms with E-state index < -0.39 is 22.6 Å². The zero-order chi connectivity index (χ0) is 19.7. The molecular formula is C16H16ClN5O5. The average Bonchev–Trinajstić information content (AvgIpc) is 3.34. The van der Waals surface area contributed by atoms with Crippen LogP contribution in [0.4, 0.5) is 5.88 Å². The van der Waals surface area contributed by atoms with E-state index in [1.165, 1.54) is 26.8 Å². The summed E-state index contributed by atoms with van der Waals surface area (Å²) < 4.78 is 6.43. The molecular weight excluding hydrogens is 378 g/mol. The van der Waals surface area contributed by atoms with Gasteiger partial charge in [0, 0.05) is 31.8 Å². The van der Waals surface area contributed by atoms with Gasteiger partial charge in [-0.15, -0.1) is 0 Å². The predicted molar refractivity (Wildman–Crippen MR) is 94.7 cm³/mol. The lowest BCUT2D eigenvalue weighted by molar-refractivity contribution is -0.402. The Balaban J connectivity index is 1.76. The molecule has 2 aromatic heterocycles. The van der Waals surface area contributed by atoms with Gasteiger partial charge in [0.2, 0.25) is 5.76 Å². The molecule has 0 bridgehead atoms. The van der Waals surface area contributed by atoms with E-state index in [2.05, 4.69) is 5.10 Å². The number of nitrogens with zero attached hydrogens (tertiary/aromatic N) is 5. The first-order valence-electron chi connectivity index (χ1n) is 8.04. The Morgan fingerprint density at radius 3 is 2.63 bits per heavy atom. The van der Waals surface area contributed by atoms with E-state index in [0.717, 1.165) is 6.07 Å². The lowest BCUT2D eigenvalue weighted by Gasteiger charge is -2.25. The van der Waals surface area contributed by atoms with Gasteiger partial charge in [0.1, 0.15) is 10.1 Å². The van der Waals surface area contributed by atoms with E-state index >= 15 is 0 Å². The highest BCUT2D eigenvalue weighted by Crippen LogP contribution is 2.22. The number of hydrazine groups is 1. The number of carbonyl (C=O) groups is 2. The van der Waals surface area contributed by atoms with Gasteiger partial charge in [0.15, 0.2) is 0 Å². The Bertz CT molecular complexity index is 947. The van der Waals surface area contributed by atoms with E-state index in [4.69, 9.17) is 16.0 Å². The van der Waals surface area contributed by atoms with Gasteiger partial charge in [0.05, 0.1) is 11.8 Å². The maximum atomic E-state index is 12.5. The van der Waals surface area contributed by atoms with E-state index in [-0.39, 0.29) is 5.76 Å². The molecule has 0 atom stereocenters. The number of aryl methyl sites for hydroxylation is 2. The molecule has 0 radical (unpaired) electrons. The average molecular weight is 394 g/mol. The Morgan fingerprint density at radius 1 is 1.33 bits per heavy atom. The monoisotopic (exact) mass is 393 g/mol. The highest BCUT2D eigenvalue weighted by atomic mass is 35.5. The molecule has 0 saturated carbocycles. The summed E-state index contributed by atoms with van der Waals surface area (Å²) >= 11 is 6.14. The van der Waals surface area contributed by atoms with Crippen molar-refractivity contribution in [3.63, 3.8) is 0 Å². The Labute approximate surface area is 158 Å². The number of nitro groups is 1. The second-order valence-electron chi connectivity index (χ2n) is 5.89. The normalized spacial score (nSPS) is 14.3. The van der Waals surface area contributed by atoms with Gasteiger partial charge in [-0.1, -0.05) is 11.6 Å². The highest BCUT2D eigenvalue weighted by Gasteiger charge is 2.32. The van der Waals surface area contributed by atoms with Crippen molar-refractivity contribution >= 4 is 35.4 Å². The molecule has 0 aliphatic carbocycles. The molecule has 1 saturated heterocycles. The summed E-state index contributed by atoms with van der Waals surface area (Å²) in [5, 5.41) is 17.7. The third-order valence-corrected chi connectivity index (χ3v) is 4.54. The topological polar surface area (TPSA) is 115 Å². The minimum absolute atomic E-state index is 0.198. The van der Waals surface area contributed by atoms with Crippen LogP contribution in [-0.4, -0.2) is 49.6 Å². The first kappa shape index (κ1) is 18.6. The summed E-state index contributed by atoms with van der Waals surface area (Å²) in [6.45, 7) is 2.42. The summed E-state index contributed by atoms with van der Waals surface area (Å²) in [7, 11) is 1.69. The Hall–Kier alpha value is -3.14. The summed E-state index contributed by atoms with van der Waals surface area (Å²) in [6, 6.07) is 2.32. The smallest absolute Gasteiger partial charge is 0.395 e. The number of carbonyl (C=O) groups excluding carboxylic acids is 2. The van der Waals surface area contributed by atoms with Gasteiger partial charge in [-0.3, -0.25) is 24.4 Å². The van der Waals surface area contributed by atoms with Crippen LogP contribution in [-0.2, 0) is 11.8 Å². The molecule has 1 aliphatic rings. The molecule has 0 unspecified atom stereocenters. The third-order valence-electron chi connectivity index (χ3n) is 4.09. The van der Waals surface area contributed by atoms with Crippen LogP contribution in [0, 0.1) is 17.0 Å².